The van der Waals surface area contributed by atoms with E-state index >= 15 is 0 Å². The van der Waals surface area contributed by atoms with E-state index in [1.54, 1.807) is 7.11 Å². The van der Waals surface area contributed by atoms with Gasteiger partial charge in [0.15, 0.2) is 0 Å². The Hall–Kier alpha value is -1.57. The lowest BCUT2D eigenvalue weighted by Crippen LogP contribution is -2.61. The van der Waals surface area contributed by atoms with Crippen molar-refractivity contribution in [2.45, 2.75) is 44.2 Å². The van der Waals surface area contributed by atoms with Crippen molar-refractivity contribution < 1.29 is 4.74 Å². The highest BCUT2D eigenvalue weighted by Crippen LogP contribution is 2.35. The van der Waals surface area contributed by atoms with Crippen LogP contribution in [0.3, 0.4) is 0 Å². The van der Waals surface area contributed by atoms with Crippen LogP contribution in [0, 0.1) is 11.3 Å². The number of nitrogens with zero attached hydrogens (tertiary/aromatic N) is 2. The van der Waals surface area contributed by atoms with Crippen LogP contribution in [0.2, 0.25) is 0 Å². The van der Waals surface area contributed by atoms with Crippen molar-refractivity contribution in [1.82, 2.24) is 10.2 Å². The Kier molecular flexibility index (Phi) is 4.66. The average Bonchev–Trinajstić information content (AvgIpc) is 2.58. The van der Waals surface area contributed by atoms with Crippen molar-refractivity contribution in [1.29, 1.82) is 5.26 Å². The zero-order chi connectivity index (χ0) is 15.4. The first-order valence-corrected chi connectivity index (χ1v) is 8.30. The summed E-state index contributed by atoms with van der Waals surface area (Å²) in [6, 6.07) is 8.16. The van der Waals surface area contributed by atoms with E-state index in [0.717, 1.165) is 26.2 Å². The first kappa shape index (κ1) is 15.3. The van der Waals surface area contributed by atoms with Gasteiger partial charge in [-0.05, 0) is 30.5 Å². The van der Waals surface area contributed by atoms with E-state index in [0.29, 0.717) is 16.9 Å². The van der Waals surface area contributed by atoms with Gasteiger partial charge < -0.3 is 10.1 Å². The molecule has 0 atom stereocenters. The molecule has 1 aliphatic heterocycles. The highest BCUT2D eigenvalue weighted by atomic mass is 16.5. The lowest BCUT2D eigenvalue weighted by atomic mass is 9.79. The molecule has 1 aromatic rings. The van der Waals surface area contributed by atoms with E-state index in [2.05, 4.69) is 22.4 Å². The van der Waals surface area contributed by atoms with Gasteiger partial charge in [-0.3, -0.25) is 4.90 Å². The van der Waals surface area contributed by atoms with Crippen LogP contribution in [0.25, 0.3) is 0 Å². The van der Waals surface area contributed by atoms with Crippen LogP contribution in [0.1, 0.15) is 43.2 Å². The van der Waals surface area contributed by atoms with Crippen molar-refractivity contribution in [2.75, 3.05) is 26.7 Å². The van der Waals surface area contributed by atoms with Gasteiger partial charge in [0.2, 0.25) is 0 Å². The lowest BCUT2D eigenvalue weighted by molar-refractivity contribution is 0.0208. The van der Waals surface area contributed by atoms with Gasteiger partial charge in [0.1, 0.15) is 11.8 Å². The minimum absolute atomic E-state index is 0.331. The third-order valence-electron chi connectivity index (χ3n) is 5.23. The van der Waals surface area contributed by atoms with E-state index in [-0.39, 0.29) is 0 Å². The number of rotatable bonds is 3. The Morgan fingerprint density at radius 3 is 2.86 bits per heavy atom. The normalized spacial score (nSPS) is 21.5. The van der Waals surface area contributed by atoms with Crippen LogP contribution in [0.4, 0.5) is 0 Å². The molecule has 0 aromatic heterocycles. The molecule has 0 radical (unpaired) electrons. The van der Waals surface area contributed by atoms with E-state index in [4.69, 9.17) is 10.00 Å². The highest BCUT2D eigenvalue weighted by molar-refractivity contribution is 5.45. The van der Waals surface area contributed by atoms with Gasteiger partial charge in [-0.15, -0.1) is 0 Å². The molecule has 1 aliphatic carbocycles. The largest absolute Gasteiger partial charge is 0.495 e. The number of hydrogen-bond acceptors (Lipinski definition) is 4. The third-order valence-corrected chi connectivity index (χ3v) is 5.23. The maximum atomic E-state index is 9.11. The van der Waals surface area contributed by atoms with Crippen molar-refractivity contribution in [3.63, 3.8) is 0 Å². The van der Waals surface area contributed by atoms with E-state index in [1.165, 1.54) is 37.7 Å². The Morgan fingerprint density at radius 2 is 2.14 bits per heavy atom. The van der Waals surface area contributed by atoms with Crippen LogP contribution < -0.4 is 10.1 Å². The summed E-state index contributed by atoms with van der Waals surface area (Å²) in [5.41, 5.74) is 2.18. The van der Waals surface area contributed by atoms with Gasteiger partial charge in [-0.25, -0.2) is 0 Å². The number of nitriles is 1. The Bertz CT molecular complexity index is 550. The molecular formula is C18H25N3O. The van der Waals surface area contributed by atoms with E-state index < -0.39 is 0 Å². The molecule has 2 aliphatic rings. The molecule has 0 amide bonds. The fourth-order valence-electron chi connectivity index (χ4n) is 3.98. The molecule has 118 valence electrons. The smallest absolute Gasteiger partial charge is 0.136 e. The zero-order valence-corrected chi connectivity index (χ0v) is 13.4. The van der Waals surface area contributed by atoms with Gasteiger partial charge >= 0.3 is 0 Å². The fraction of sp³-hybridized carbons (Fsp3) is 0.611. The summed E-state index contributed by atoms with van der Waals surface area (Å²) < 4.78 is 5.35. The first-order valence-electron chi connectivity index (χ1n) is 8.30. The fourth-order valence-corrected chi connectivity index (χ4v) is 3.98. The van der Waals surface area contributed by atoms with Crippen LogP contribution in [-0.4, -0.2) is 37.2 Å². The van der Waals surface area contributed by atoms with Gasteiger partial charge in [0.25, 0.3) is 0 Å². The molecule has 4 heteroatoms. The van der Waals surface area contributed by atoms with Crippen molar-refractivity contribution in [3.05, 3.63) is 29.3 Å². The van der Waals surface area contributed by atoms with Crippen molar-refractivity contribution >= 4 is 0 Å². The second-order valence-electron chi connectivity index (χ2n) is 6.53. The standard InChI is InChI=1S/C18H25N3O/c1-22-17-11-15(5-6-16(17)12-19)13-21-10-9-20-14-18(21)7-3-2-4-8-18/h5-6,11,20H,2-4,7-10,13-14H2,1H3. The molecule has 1 saturated carbocycles. The lowest BCUT2D eigenvalue weighted by Gasteiger charge is -2.50. The van der Waals surface area contributed by atoms with Crippen LogP contribution in [0.15, 0.2) is 18.2 Å². The maximum Gasteiger partial charge on any atom is 0.136 e. The predicted octanol–water partition coefficient (Wildman–Crippen LogP) is 2.67. The molecule has 0 bridgehead atoms. The molecule has 4 nitrogen and oxygen atoms in total. The summed E-state index contributed by atoms with van der Waals surface area (Å²) in [6.07, 6.45) is 6.66. The number of ether oxygens (including phenoxy) is 1. The first-order chi connectivity index (χ1) is 10.8. The van der Waals surface area contributed by atoms with E-state index in [9.17, 15) is 0 Å². The number of methoxy groups -OCH3 is 1. The number of hydrogen-bond donors (Lipinski definition) is 1. The summed E-state index contributed by atoms with van der Waals surface area (Å²) in [4.78, 5) is 2.66. The molecule has 2 fully saturated rings. The number of nitrogens with one attached hydrogen (secondary N) is 1. The molecule has 1 spiro atoms. The second-order valence-corrected chi connectivity index (χ2v) is 6.53. The van der Waals surface area contributed by atoms with Gasteiger partial charge in [-0.1, -0.05) is 25.3 Å². The Morgan fingerprint density at radius 1 is 1.32 bits per heavy atom. The minimum Gasteiger partial charge on any atom is -0.495 e. The Balaban J connectivity index is 1.80. The second kappa shape index (κ2) is 6.68. The summed E-state index contributed by atoms with van der Waals surface area (Å²) in [5, 5.41) is 12.7. The maximum absolute atomic E-state index is 9.11. The quantitative estimate of drug-likeness (QED) is 0.932. The third kappa shape index (κ3) is 2.97. The van der Waals surface area contributed by atoms with Crippen LogP contribution in [-0.2, 0) is 6.54 Å². The molecular weight excluding hydrogens is 274 g/mol. The molecule has 22 heavy (non-hydrogen) atoms. The number of benzene rings is 1. The molecule has 1 N–H and O–H groups in total. The van der Waals surface area contributed by atoms with Crippen molar-refractivity contribution in [2.24, 2.45) is 0 Å². The van der Waals surface area contributed by atoms with Gasteiger partial charge in [0, 0.05) is 31.7 Å². The summed E-state index contributed by atoms with van der Waals surface area (Å²) in [5.74, 6) is 0.688. The monoisotopic (exact) mass is 299 g/mol. The van der Waals surface area contributed by atoms with Gasteiger partial charge in [-0.2, -0.15) is 5.26 Å². The summed E-state index contributed by atoms with van der Waals surface area (Å²) in [7, 11) is 1.63. The zero-order valence-electron chi connectivity index (χ0n) is 13.4. The summed E-state index contributed by atoms with van der Waals surface area (Å²) in [6.45, 7) is 4.22. The molecule has 1 saturated heterocycles. The molecule has 0 unspecified atom stereocenters. The van der Waals surface area contributed by atoms with Gasteiger partial charge in [0.05, 0.1) is 12.7 Å². The predicted molar refractivity (Wildman–Crippen MR) is 86.8 cm³/mol. The van der Waals surface area contributed by atoms with Crippen LogP contribution in [0.5, 0.6) is 5.75 Å². The summed E-state index contributed by atoms with van der Waals surface area (Å²) >= 11 is 0. The highest BCUT2D eigenvalue weighted by Gasteiger charge is 2.39. The minimum atomic E-state index is 0.331. The molecule has 1 heterocycles. The molecule has 1 aromatic carbocycles. The SMILES string of the molecule is COc1cc(CN2CCNCC23CCCCC3)ccc1C#N. The van der Waals surface area contributed by atoms with Crippen LogP contribution >= 0.6 is 0 Å². The number of piperazine rings is 1. The Labute approximate surface area is 133 Å². The average molecular weight is 299 g/mol. The van der Waals surface area contributed by atoms with E-state index in [1.807, 2.05) is 12.1 Å². The van der Waals surface area contributed by atoms with Crippen molar-refractivity contribution in [3.8, 4) is 11.8 Å². The topological polar surface area (TPSA) is 48.3 Å². The molecule has 3 rings (SSSR count).